The van der Waals surface area contributed by atoms with Crippen molar-refractivity contribution in [3.8, 4) is 0 Å². The molecule has 4 nitrogen and oxygen atoms in total. The van der Waals surface area contributed by atoms with Crippen LogP contribution in [0.5, 0.6) is 0 Å². The van der Waals surface area contributed by atoms with Crippen LogP contribution in [-0.4, -0.2) is 16.4 Å². The number of hydrogen-bond donors (Lipinski definition) is 1. The highest BCUT2D eigenvalue weighted by Gasteiger charge is 2.19. The predicted molar refractivity (Wildman–Crippen MR) is 62.9 cm³/mol. The quantitative estimate of drug-likeness (QED) is 0.772. The summed E-state index contributed by atoms with van der Waals surface area (Å²) in [6.07, 6.45) is 4.55. The van der Waals surface area contributed by atoms with Gasteiger partial charge in [0.05, 0.1) is 22.8 Å². The molecule has 90 valence electrons. The van der Waals surface area contributed by atoms with E-state index in [0.29, 0.717) is 5.39 Å². The lowest BCUT2D eigenvalue weighted by molar-refractivity contribution is -0.0366. The van der Waals surface area contributed by atoms with Crippen molar-refractivity contribution in [3.05, 3.63) is 24.1 Å². The lowest BCUT2D eigenvalue weighted by Crippen LogP contribution is -2.18. The number of aromatic nitrogens is 2. The van der Waals surface area contributed by atoms with E-state index in [1.165, 1.54) is 6.20 Å². The lowest BCUT2D eigenvalue weighted by Gasteiger charge is -2.23. The average molecular weight is 235 g/mol. The lowest BCUT2D eigenvalue weighted by atomic mass is 10.2. The molecule has 1 atom stereocenters. The van der Waals surface area contributed by atoms with Crippen LogP contribution >= 0.6 is 0 Å². The normalized spacial score (nSPS) is 20.9. The molecule has 5 heteroatoms. The van der Waals surface area contributed by atoms with Crippen LogP contribution in [0.3, 0.4) is 0 Å². The zero-order valence-corrected chi connectivity index (χ0v) is 9.40. The minimum Gasteiger partial charge on any atom is -0.396 e. The Kier molecular flexibility index (Phi) is 2.48. The number of nitrogens with two attached hydrogens (primary N) is 1. The summed E-state index contributed by atoms with van der Waals surface area (Å²) in [6.45, 7) is 0.740. The number of fused-ring (bicyclic) bond motifs is 1. The van der Waals surface area contributed by atoms with Crippen LogP contribution in [0.2, 0.25) is 0 Å². The Morgan fingerprint density at radius 2 is 2.29 bits per heavy atom. The van der Waals surface area contributed by atoms with E-state index in [-0.39, 0.29) is 11.9 Å². The number of hydrogen-bond acceptors (Lipinski definition) is 3. The average Bonchev–Trinajstić information content (AvgIpc) is 2.79. The summed E-state index contributed by atoms with van der Waals surface area (Å²) >= 11 is 0. The van der Waals surface area contributed by atoms with E-state index in [0.717, 1.165) is 31.4 Å². The highest BCUT2D eigenvalue weighted by atomic mass is 19.1. The number of ether oxygens (including phenoxy) is 1. The molecule has 17 heavy (non-hydrogen) atoms. The minimum absolute atomic E-state index is 0.0794. The van der Waals surface area contributed by atoms with E-state index in [1.807, 2.05) is 0 Å². The number of nitrogen functional groups attached to an aromatic ring is 1. The molecule has 2 heterocycles. The fourth-order valence-electron chi connectivity index (χ4n) is 2.25. The number of anilines is 1. The van der Waals surface area contributed by atoms with Crippen molar-refractivity contribution < 1.29 is 9.13 Å². The summed E-state index contributed by atoms with van der Waals surface area (Å²) in [7, 11) is 0. The van der Waals surface area contributed by atoms with Crippen molar-refractivity contribution in [2.75, 3.05) is 12.3 Å². The van der Waals surface area contributed by atoms with Gasteiger partial charge in [0.25, 0.3) is 0 Å². The molecule has 1 aromatic heterocycles. The maximum atomic E-state index is 13.8. The first kappa shape index (κ1) is 10.5. The van der Waals surface area contributed by atoms with E-state index in [4.69, 9.17) is 10.5 Å². The van der Waals surface area contributed by atoms with E-state index in [1.54, 1.807) is 16.8 Å². The van der Waals surface area contributed by atoms with Crippen LogP contribution in [0.25, 0.3) is 10.9 Å². The van der Waals surface area contributed by atoms with Gasteiger partial charge in [0.15, 0.2) is 12.0 Å². The molecule has 0 saturated carbocycles. The van der Waals surface area contributed by atoms with Crippen LogP contribution in [0, 0.1) is 5.82 Å². The standard InChI is InChI=1S/C12H14FN3O/c13-12-8-7-15-16(10(8)5-4-9(12)14)11-3-1-2-6-17-11/h4-5,7,11H,1-3,6,14H2. The first-order chi connectivity index (χ1) is 8.27. The fraction of sp³-hybridized carbons (Fsp3) is 0.417. The van der Waals surface area contributed by atoms with Crippen LogP contribution in [0.15, 0.2) is 18.3 Å². The molecule has 1 unspecified atom stereocenters. The monoisotopic (exact) mass is 235 g/mol. The summed E-state index contributed by atoms with van der Waals surface area (Å²) in [5, 5.41) is 4.67. The Morgan fingerprint density at radius 3 is 3.06 bits per heavy atom. The second-order valence-electron chi connectivity index (χ2n) is 4.31. The molecule has 0 amide bonds. The van der Waals surface area contributed by atoms with Gasteiger partial charge in [-0.15, -0.1) is 0 Å². The topological polar surface area (TPSA) is 53.1 Å². The van der Waals surface area contributed by atoms with Gasteiger partial charge >= 0.3 is 0 Å². The van der Waals surface area contributed by atoms with Gasteiger partial charge in [0, 0.05) is 6.61 Å². The molecule has 0 radical (unpaired) electrons. The third kappa shape index (κ3) is 1.67. The maximum absolute atomic E-state index is 13.8. The van der Waals surface area contributed by atoms with Crippen LogP contribution in [0.1, 0.15) is 25.5 Å². The van der Waals surface area contributed by atoms with Crippen LogP contribution in [0.4, 0.5) is 10.1 Å². The van der Waals surface area contributed by atoms with E-state index < -0.39 is 5.82 Å². The molecule has 1 aliphatic heterocycles. The Balaban J connectivity index is 2.08. The van der Waals surface area contributed by atoms with Gasteiger partial charge in [-0.05, 0) is 31.4 Å². The predicted octanol–water partition coefficient (Wildman–Crippen LogP) is 2.46. The zero-order valence-electron chi connectivity index (χ0n) is 9.40. The van der Waals surface area contributed by atoms with Gasteiger partial charge < -0.3 is 10.5 Å². The van der Waals surface area contributed by atoms with Gasteiger partial charge in [-0.2, -0.15) is 5.10 Å². The maximum Gasteiger partial charge on any atom is 0.157 e. The van der Waals surface area contributed by atoms with Gasteiger partial charge in [-0.1, -0.05) is 0 Å². The molecule has 1 aromatic carbocycles. The number of benzene rings is 1. The number of rotatable bonds is 1. The molecule has 2 aromatic rings. The van der Waals surface area contributed by atoms with Gasteiger partial charge in [-0.25, -0.2) is 9.07 Å². The molecule has 0 bridgehead atoms. The smallest absolute Gasteiger partial charge is 0.157 e. The number of nitrogens with zero attached hydrogens (tertiary/aromatic N) is 2. The van der Waals surface area contributed by atoms with Gasteiger partial charge in [0.2, 0.25) is 0 Å². The number of halogens is 1. The Bertz CT molecular complexity index is 546. The summed E-state index contributed by atoms with van der Waals surface area (Å²) < 4.78 is 21.2. The zero-order chi connectivity index (χ0) is 11.8. The molecule has 3 rings (SSSR count). The molecular weight excluding hydrogens is 221 g/mol. The summed E-state index contributed by atoms with van der Waals surface area (Å²) in [4.78, 5) is 0. The fourth-order valence-corrected chi connectivity index (χ4v) is 2.25. The first-order valence-electron chi connectivity index (χ1n) is 5.80. The Labute approximate surface area is 98.2 Å². The summed E-state index contributed by atoms with van der Waals surface area (Å²) in [6, 6.07) is 3.36. The van der Waals surface area contributed by atoms with Gasteiger partial charge in [0.1, 0.15) is 0 Å². The van der Waals surface area contributed by atoms with Crippen molar-refractivity contribution >= 4 is 16.6 Å². The summed E-state index contributed by atoms with van der Waals surface area (Å²) in [5.41, 5.74) is 6.42. The second-order valence-corrected chi connectivity index (χ2v) is 4.31. The van der Waals surface area contributed by atoms with Crippen LogP contribution < -0.4 is 5.73 Å². The minimum atomic E-state index is -0.399. The molecule has 0 spiro atoms. The second kappa shape index (κ2) is 4.00. The Morgan fingerprint density at radius 1 is 1.41 bits per heavy atom. The highest BCUT2D eigenvalue weighted by Crippen LogP contribution is 2.28. The van der Waals surface area contributed by atoms with Gasteiger partial charge in [-0.3, -0.25) is 0 Å². The van der Waals surface area contributed by atoms with Crippen molar-refractivity contribution in [1.29, 1.82) is 0 Å². The molecule has 2 N–H and O–H groups in total. The third-order valence-electron chi connectivity index (χ3n) is 3.17. The largest absolute Gasteiger partial charge is 0.396 e. The first-order valence-corrected chi connectivity index (χ1v) is 5.80. The molecule has 1 aliphatic rings. The molecule has 1 fully saturated rings. The molecule has 1 saturated heterocycles. The van der Waals surface area contributed by atoms with E-state index >= 15 is 0 Å². The SMILES string of the molecule is Nc1ccc2c(cnn2C2CCCCO2)c1F. The third-order valence-corrected chi connectivity index (χ3v) is 3.17. The van der Waals surface area contributed by atoms with E-state index in [2.05, 4.69) is 5.10 Å². The molecule has 0 aliphatic carbocycles. The van der Waals surface area contributed by atoms with Crippen molar-refractivity contribution in [2.24, 2.45) is 0 Å². The van der Waals surface area contributed by atoms with E-state index in [9.17, 15) is 4.39 Å². The van der Waals surface area contributed by atoms with Crippen molar-refractivity contribution in [3.63, 3.8) is 0 Å². The molecular formula is C12H14FN3O. The highest BCUT2D eigenvalue weighted by molar-refractivity contribution is 5.83. The van der Waals surface area contributed by atoms with Crippen molar-refractivity contribution in [1.82, 2.24) is 9.78 Å². The summed E-state index contributed by atoms with van der Waals surface area (Å²) in [5.74, 6) is -0.399. The van der Waals surface area contributed by atoms with Crippen LogP contribution in [-0.2, 0) is 4.74 Å². The Hall–Kier alpha value is -1.62. The van der Waals surface area contributed by atoms with Crippen molar-refractivity contribution in [2.45, 2.75) is 25.5 Å².